The highest BCUT2D eigenvalue weighted by molar-refractivity contribution is 6.18. The van der Waals surface area contributed by atoms with Gasteiger partial charge in [0.1, 0.15) is 5.82 Å². The van der Waals surface area contributed by atoms with Crippen molar-refractivity contribution in [2.24, 2.45) is 0 Å². The maximum absolute atomic E-state index is 5.80. The van der Waals surface area contributed by atoms with Crippen molar-refractivity contribution < 1.29 is 0 Å². The number of nitrogens with one attached hydrogen (secondary N) is 1. The number of aromatic nitrogens is 5. The summed E-state index contributed by atoms with van der Waals surface area (Å²) in [5.41, 5.74) is 0.403. The number of rotatable bonds is 3. The van der Waals surface area contributed by atoms with E-state index in [-0.39, 0.29) is 5.54 Å². The van der Waals surface area contributed by atoms with E-state index < -0.39 is 0 Å². The van der Waals surface area contributed by atoms with Crippen molar-refractivity contribution in [3.63, 3.8) is 0 Å². The molecule has 0 amide bonds. The normalized spacial score (nSPS) is 11.9. The van der Waals surface area contributed by atoms with E-state index in [4.69, 9.17) is 11.6 Å². The number of alkyl halides is 1. The molecule has 0 radical (unpaired) electrons. The highest BCUT2D eigenvalue weighted by Gasteiger charge is 2.16. The smallest absolute Gasteiger partial charge is 0.200 e. The summed E-state index contributed by atoms with van der Waals surface area (Å²) >= 11 is 5.80. The third-order valence-electron chi connectivity index (χ3n) is 1.87. The lowest BCUT2D eigenvalue weighted by Crippen LogP contribution is -2.33. The van der Waals surface area contributed by atoms with Crippen LogP contribution in [-0.4, -0.2) is 36.7 Å². The number of halogens is 1. The summed E-state index contributed by atoms with van der Waals surface area (Å²) in [6.07, 6.45) is 0. The Kier molecular flexibility index (Phi) is 2.44. The molecule has 6 nitrogen and oxygen atoms in total. The van der Waals surface area contributed by atoms with Crippen LogP contribution >= 0.6 is 11.6 Å². The molecule has 0 saturated heterocycles. The molecular formula is C8H11ClN6. The lowest BCUT2D eigenvalue weighted by Gasteiger charge is -2.23. The Bertz CT molecular complexity index is 465. The average Bonchev–Trinajstić information content (AvgIpc) is 2.64. The summed E-state index contributed by atoms with van der Waals surface area (Å²) in [5, 5.41) is 18.3. The molecule has 0 atom stereocenters. The van der Waals surface area contributed by atoms with Crippen molar-refractivity contribution in [2.45, 2.75) is 19.4 Å². The monoisotopic (exact) mass is 226 g/mol. The van der Waals surface area contributed by atoms with Gasteiger partial charge in [-0.05, 0) is 36.4 Å². The van der Waals surface area contributed by atoms with Crippen molar-refractivity contribution in [1.82, 2.24) is 25.3 Å². The minimum absolute atomic E-state index is 0.212. The second-order valence-electron chi connectivity index (χ2n) is 3.89. The molecule has 15 heavy (non-hydrogen) atoms. The van der Waals surface area contributed by atoms with E-state index in [1.807, 2.05) is 19.9 Å². The van der Waals surface area contributed by atoms with Crippen LogP contribution in [-0.2, 0) is 0 Å². The van der Waals surface area contributed by atoms with Crippen molar-refractivity contribution in [1.29, 1.82) is 0 Å². The average molecular weight is 227 g/mol. The van der Waals surface area contributed by atoms with Crippen molar-refractivity contribution >= 4 is 23.1 Å². The van der Waals surface area contributed by atoms with Gasteiger partial charge in [-0.15, -0.1) is 26.4 Å². The summed E-state index contributed by atoms with van der Waals surface area (Å²) in [6.45, 7) is 3.98. The zero-order valence-corrected chi connectivity index (χ0v) is 9.23. The number of hydrogen-bond donors (Lipinski definition) is 1. The van der Waals surface area contributed by atoms with Gasteiger partial charge < -0.3 is 5.32 Å². The molecule has 7 heteroatoms. The maximum Gasteiger partial charge on any atom is 0.200 e. The standard InChI is InChI=1S/C8H11ClN6/c1-8(2,5-9)10-6-3-4-7-11-13-14-15(7)12-6/h3-4H,5H2,1-2H3,(H,10,12). The molecule has 0 saturated carbocycles. The van der Waals surface area contributed by atoms with Crippen molar-refractivity contribution in [3.8, 4) is 0 Å². The van der Waals surface area contributed by atoms with Crippen LogP contribution in [0.25, 0.3) is 5.65 Å². The summed E-state index contributed by atoms with van der Waals surface area (Å²) < 4.78 is 1.37. The van der Waals surface area contributed by atoms with Crippen LogP contribution in [0.5, 0.6) is 0 Å². The van der Waals surface area contributed by atoms with Crippen LogP contribution in [0.2, 0.25) is 0 Å². The molecule has 0 aliphatic carbocycles. The Hall–Kier alpha value is -1.43. The predicted octanol–water partition coefficient (Wildman–Crippen LogP) is 0.949. The molecule has 0 aliphatic rings. The molecule has 2 rings (SSSR count). The molecule has 0 unspecified atom stereocenters. The first-order valence-electron chi connectivity index (χ1n) is 4.50. The molecule has 0 fully saturated rings. The first-order valence-corrected chi connectivity index (χ1v) is 5.04. The van der Waals surface area contributed by atoms with E-state index in [0.29, 0.717) is 17.3 Å². The second-order valence-corrected chi connectivity index (χ2v) is 4.15. The first kappa shape index (κ1) is 10.1. The van der Waals surface area contributed by atoms with Gasteiger partial charge in [0.05, 0.1) is 0 Å². The maximum atomic E-state index is 5.80. The van der Waals surface area contributed by atoms with Crippen LogP contribution in [0.3, 0.4) is 0 Å². The Labute approximate surface area is 91.6 Å². The van der Waals surface area contributed by atoms with Crippen LogP contribution < -0.4 is 5.32 Å². The van der Waals surface area contributed by atoms with Crippen LogP contribution in [0.15, 0.2) is 12.1 Å². The lowest BCUT2D eigenvalue weighted by atomic mass is 10.1. The fourth-order valence-corrected chi connectivity index (χ4v) is 1.16. The second kappa shape index (κ2) is 3.62. The zero-order chi connectivity index (χ0) is 10.9. The Morgan fingerprint density at radius 3 is 3.00 bits per heavy atom. The SMILES string of the molecule is CC(C)(CCl)Nc1ccc2nnnn2n1. The minimum Gasteiger partial charge on any atom is -0.363 e. The third kappa shape index (κ3) is 2.15. The molecule has 0 aliphatic heterocycles. The third-order valence-corrected chi connectivity index (χ3v) is 2.54. The van der Waals surface area contributed by atoms with Crippen molar-refractivity contribution in [3.05, 3.63) is 12.1 Å². The minimum atomic E-state index is -0.212. The zero-order valence-electron chi connectivity index (χ0n) is 8.48. The van der Waals surface area contributed by atoms with Crippen LogP contribution in [0.4, 0.5) is 5.82 Å². The largest absolute Gasteiger partial charge is 0.363 e. The van der Waals surface area contributed by atoms with E-state index in [2.05, 4.69) is 25.9 Å². The summed E-state index contributed by atoms with van der Waals surface area (Å²) in [6, 6.07) is 3.61. The topological polar surface area (TPSA) is 68.0 Å². The number of fused-ring (bicyclic) bond motifs is 1. The Morgan fingerprint density at radius 2 is 2.27 bits per heavy atom. The molecule has 2 aromatic heterocycles. The number of anilines is 1. The van der Waals surface area contributed by atoms with Gasteiger partial charge in [-0.3, -0.25) is 0 Å². The number of nitrogens with zero attached hydrogens (tertiary/aromatic N) is 5. The highest BCUT2D eigenvalue weighted by Crippen LogP contribution is 2.13. The molecule has 80 valence electrons. The van der Waals surface area contributed by atoms with E-state index in [0.717, 1.165) is 0 Å². The summed E-state index contributed by atoms with van der Waals surface area (Å²) in [5.74, 6) is 1.18. The number of hydrogen-bond acceptors (Lipinski definition) is 5. The highest BCUT2D eigenvalue weighted by atomic mass is 35.5. The molecule has 1 N–H and O–H groups in total. The van der Waals surface area contributed by atoms with Gasteiger partial charge in [0.15, 0.2) is 5.65 Å². The summed E-state index contributed by atoms with van der Waals surface area (Å²) in [4.78, 5) is 0. The molecule has 2 aromatic rings. The van der Waals surface area contributed by atoms with Gasteiger partial charge in [-0.2, -0.15) is 0 Å². The molecule has 0 spiro atoms. The van der Waals surface area contributed by atoms with Crippen molar-refractivity contribution in [2.75, 3.05) is 11.2 Å². The quantitative estimate of drug-likeness (QED) is 0.790. The molecule has 2 heterocycles. The van der Waals surface area contributed by atoms with Gasteiger partial charge in [-0.25, -0.2) is 0 Å². The summed E-state index contributed by atoms with van der Waals surface area (Å²) in [7, 11) is 0. The predicted molar refractivity (Wildman–Crippen MR) is 57.0 cm³/mol. The molecule has 0 bridgehead atoms. The van der Waals surface area contributed by atoms with Crippen LogP contribution in [0, 0.1) is 0 Å². The van der Waals surface area contributed by atoms with E-state index in [1.165, 1.54) is 4.63 Å². The molecular weight excluding hydrogens is 216 g/mol. The Morgan fingerprint density at radius 1 is 1.47 bits per heavy atom. The van der Waals surface area contributed by atoms with E-state index in [1.54, 1.807) is 6.07 Å². The lowest BCUT2D eigenvalue weighted by molar-refractivity contribution is 0.629. The van der Waals surface area contributed by atoms with Gasteiger partial charge in [0, 0.05) is 11.4 Å². The number of tetrazole rings is 1. The first-order chi connectivity index (χ1) is 7.11. The van der Waals surface area contributed by atoms with Crippen LogP contribution in [0.1, 0.15) is 13.8 Å². The molecule has 0 aromatic carbocycles. The fraction of sp³-hybridized carbons (Fsp3) is 0.500. The van der Waals surface area contributed by atoms with Gasteiger partial charge in [-0.1, -0.05) is 0 Å². The van der Waals surface area contributed by atoms with Gasteiger partial charge >= 0.3 is 0 Å². The Balaban J connectivity index is 2.28. The van der Waals surface area contributed by atoms with E-state index >= 15 is 0 Å². The van der Waals surface area contributed by atoms with Gasteiger partial charge in [0.2, 0.25) is 0 Å². The fourth-order valence-electron chi connectivity index (χ4n) is 1.10. The van der Waals surface area contributed by atoms with Gasteiger partial charge in [0.25, 0.3) is 0 Å². The van der Waals surface area contributed by atoms with E-state index in [9.17, 15) is 0 Å².